The van der Waals surface area contributed by atoms with Crippen molar-refractivity contribution in [2.45, 2.75) is 31.8 Å². The van der Waals surface area contributed by atoms with Crippen molar-refractivity contribution in [3.05, 3.63) is 41.1 Å². The van der Waals surface area contributed by atoms with Gasteiger partial charge in [0.05, 0.1) is 16.8 Å². The van der Waals surface area contributed by atoms with Gasteiger partial charge in [-0.05, 0) is 38.9 Å². The summed E-state index contributed by atoms with van der Waals surface area (Å²) in [6.45, 7) is 2.93. The number of carbonyl (C=O) groups excluding carboxylic acids is 1. The zero-order valence-corrected chi connectivity index (χ0v) is 13.5. The minimum Gasteiger partial charge on any atom is -0.478 e. The van der Waals surface area contributed by atoms with Crippen LogP contribution in [0.3, 0.4) is 0 Å². The maximum Gasteiger partial charge on any atom is 0.338 e. The summed E-state index contributed by atoms with van der Waals surface area (Å²) in [6, 6.07) is 6.98. The van der Waals surface area contributed by atoms with Gasteiger partial charge in [-0.15, -0.1) is 0 Å². The number of para-hydroxylation sites is 1. The van der Waals surface area contributed by atoms with Gasteiger partial charge in [-0.3, -0.25) is 9.78 Å². The van der Waals surface area contributed by atoms with Crippen molar-refractivity contribution in [3.8, 4) is 0 Å². The zero-order chi connectivity index (χ0) is 17.3. The number of benzene rings is 1. The van der Waals surface area contributed by atoms with Gasteiger partial charge >= 0.3 is 5.97 Å². The molecule has 1 aliphatic rings. The van der Waals surface area contributed by atoms with Crippen molar-refractivity contribution in [1.82, 2.24) is 10.3 Å². The number of aromatic carboxylic acids is 1. The number of carboxylic acid groups (broad SMARTS) is 1. The van der Waals surface area contributed by atoms with E-state index < -0.39 is 17.9 Å². The SMILES string of the molecule is CC(O)C(=O)c1c(C(=O)O)c(C2CCNCC2)nc2ccccc12. The number of fused-ring (bicyclic) bond motifs is 1. The second kappa shape index (κ2) is 6.67. The molecule has 0 spiro atoms. The molecule has 2 heterocycles. The van der Waals surface area contributed by atoms with Gasteiger partial charge in [0.1, 0.15) is 6.10 Å². The maximum atomic E-state index is 12.6. The normalized spacial score (nSPS) is 16.9. The maximum absolute atomic E-state index is 12.6. The highest BCUT2D eigenvalue weighted by atomic mass is 16.4. The van der Waals surface area contributed by atoms with Gasteiger partial charge in [-0.1, -0.05) is 18.2 Å². The number of carbonyl (C=O) groups is 2. The van der Waals surface area contributed by atoms with Crippen LogP contribution < -0.4 is 5.32 Å². The van der Waals surface area contributed by atoms with Crippen molar-refractivity contribution < 1.29 is 19.8 Å². The van der Waals surface area contributed by atoms with Crippen molar-refractivity contribution in [1.29, 1.82) is 0 Å². The molecular weight excluding hydrogens is 308 g/mol. The fourth-order valence-corrected chi connectivity index (χ4v) is 3.30. The standard InChI is InChI=1S/C18H20N2O4/c1-10(21)17(22)14-12-4-2-3-5-13(12)20-16(15(14)18(23)24)11-6-8-19-9-7-11/h2-5,10-11,19,21H,6-9H2,1H3,(H,23,24). The highest BCUT2D eigenvalue weighted by Crippen LogP contribution is 2.33. The van der Waals surface area contributed by atoms with E-state index in [9.17, 15) is 19.8 Å². The lowest BCUT2D eigenvalue weighted by atomic mass is 9.86. The molecule has 0 aliphatic carbocycles. The molecular formula is C18H20N2O4. The average Bonchev–Trinajstić information content (AvgIpc) is 2.60. The van der Waals surface area contributed by atoms with Crippen LogP contribution in [0.4, 0.5) is 0 Å². The Bertz CT molecular complexity index is 795. The van der Waals surface area contributed by atoms with E-state index in [2.05, 4.69) is 10.3 Å². The smallest absolute Gasteiger partial charge is 0.338 e. The van der Waals surface area contributed by atoms with E-state index in [1.165, 1.54) is 6.92 Å². The number of hydrogen-bond acceptors (Lipinski definition) is 5. The predicted octanol–water partition coefficient (Wildman–Crippen LogP) is 1.96. The first kappa shape index (κ1) is 16.5. The third-order valence-corrected chi connectivity index (χ3v) is 4.49. The van der Waals surface area contributed by atoms with Gasteiger partial charge in [0.2, 0.25) is 0 Å². The quantitative estimate of drug-likeness (QED) is 0.742. The van der Waals surface area contributed by atoms with E-state index >= 15 is 0 Å². The zero-order valence-electron chi connectivity index (χ0n) is 13.5. The van der Waals surface area contributed by atoms with Gasteiger partial charge in [0, 0.05) is 16.9 Å². The van der Waals surface area contributed by atoms with Gasteiger partial charge in [-0.25, -0.2) is 4.79 Å². The lowest BCUT2D eigenvalue weighted by Crippen LogP contribution is -2.29. The molecule has 1 aromatic heterocycles. The monoisotopic (exact) mass is 328 g/mol. The summed E-state index contributed by atoms with van der Waals surface area (Å²) < 4.78 is 0. The van der Waals surface area contributed by atoms with Gasteiger partial charge in [-0.2, -0.15) is 0 Å². The molecule has 1 atom stereocenters. The molecule has 1 unspecified atom stereocenters. The Labute approximate surface area is 139 Å². The number of Topliss-reactive ketones (excluding diaryl/α,β-unsaturated/α-hetero) is 1. The van der Waals surface area contributed by atoms with Gasteiger partial charge in [0.25, 0.3) is 0 Å². The molecule has 0 saturated carbocycles. The average molecular weight is 328 g/mol. The molecule has 3 rings (SSSR count). The first-order valence-electron chi connectivity index (χ1n) is 8.09. The fourth-order valence-electron chi connectivity index (χ4n) is 3.30. The Hall–Kier alpha value is -2.31. The van der Waals surface area contributed by atoms with Gasteiger partial charge < -0.3 is 15.5 Å². The number of hydrogen-bond donors (Lipinski definition) is 3. The fraction of sp³-hybridized carbons (Fsp3) is 0.389. The molecule has 2 aromatic rings. The molecule has 0 bridgehead atoms. The third kappa shape index (κ3) is 2.90. The summed E-state index contributed by atoms with van der Waals surface area (Å²) in [7, 11) is 0. The molecule has 1 fully saturated rings. The number of ketones is 1. The second-order valence-corrected chi connectivity index (χ2v) is 6.13. The van der Waals surface area contributed by atoms with Crippen molar-refractivity contribution in [2.75, 3.05) is 13.1 Å². The third-order valence-electron chi connectivity index (χ3n) is 4.49. The minimum absolute atomic E-state index is 0.0116. The van der Waals surface area contributed by atoms with E-state index in [-0.39, 0.29) is 17.0 Å². The second-order valence-electron chi connectivity index (χ2n) is 6.13. The summed E-state index contributed by atoms with van der Waals surface area (Å²) in [4.78, 5) is 29.1. The van der Waals surface area contributed by atoms with Crippen LogP contribution in [-0.4, -0.2) is 46.1 Å². The number of aromatic nitrogens is 1. The highest BCUT2D eigenvalue weighted by molar-refractivity contribution is 6.16. The minimum atomic E-state index is -1.27. The number of aliphatic hydroxyl groups is 1. The van der Waals surface area contributed by atoms with Gasteiger partial charge in [0.15, 0.2) is 5.78 Å². The number of aliphatic hydroxyl groups excluding tert-OH is 1. The Morgan fingerprint density at radius 2 is 1.88 bits per heavy atom. The lowest BCUT2D eigenvalue weighted by Gasteiger charge is -2.25. The summed E-state index contributed by atoms with van der Waals surface area (Å²) in [6.07, 6.45) is 0.275. The number of nitrogens with zero attached hydrogens (tertiary/aromatic N) is 1. The number of piperidine rings is 1. The Morgan fingerprint density at radius 1 is 1.21 bits per heavy atom. The Kier molecular flexibility index (Phi) is 4.59. The molecule has 6 nitrogen and oxygen atoms in total. The van der Waals surface area contributed by atoms with Crippen LogP contribution in [0.1, 0.15) is 52.1 Å². The molecule has 1 saturated heterocycles. The first-order valence-corrected chi connectivity index (χ1v) is 8.09. The van der Waals surface area contributed by atoms with Crippen LogP contribution in [0, 0.1) is 0 Å². The van der Waals surface area contributed by atoms with Crippen LogP contribution in [0.15, 0.2) is 24.3 Å². The number of carboxylic acids is 1. The number of pyridine rings is 1. The van der Waals surface area contributed by atoms with Crippen LogP contribution in [0.5, 0.6) is 0 Å². The lowest BCUT2D eigenvalue weighted by molar-refractivity contribution is 0.0680. The topological polar surface area (TPSA) is 99.5 Å². The van der Waals surface area contributed by atoms with E-state index in [1.807, 2.05) is 0 Å². The molecule has 24 heavy (non-hydrogen) atoms. The van der Waals surface area contributed by atoms with E-state index in [0.717, 1.165) is 25.9 Å². The van der Waals surface area contributed by atoms with Crippen LogP contribution in [-0.2, 0) is 0 Å². The molecule has 0 radical (unpaired) electrons. The molecule has 6 heteroatoms. The number of rotatable bonds is 4. The van der Waals surface area contributed by atoms with Crippen LogP contribution in [0.25, 0.3) is 10.9 Å². The molecule has 3 N–H and O–H groups in total. The largest absolute Gasteiger partial charge is 0.478 e. The van der Waals surface area contributed by atoms with Crippen molar-refractivity contribution in [2.24, 2.45) is 0 Å². The van der Waals surface area contributed by atoms with Crippen molar-refractivity contribution in [3.63, 3.8) is 0 Å². The summed E-state index contributed by atoms with van der Waals surface area (Å²) in [5, 5.41) is 23.3. The number of nitrogens with one attached hydrogen (secondary N) is 1. The van der Waals surface area contributed by atoms with E-state index in [0.29, 0.717) is 16.6 Å². The van der Waals surface area contributed by atoms with Crippen molar-refractivity contribution >= 4 is 22.7 Å². The van der Waals surface area contributed by atoms with Crippen LogP contribution >= 0.6 is 0 Å². The summed E-state index contributed by atoms with van der Waals surface area (Å²) >= 11 is 0. The molecule has 1 aliphatic heterocycles. The van der Waals surface area contributed by atoms with E-state index in [4.69, 9.17) is 0 Å². The summed E-state index contributed by atoms with van der Waals surface area (Å²) in [5.74, 6) is -1.77. The van der Waals surface area contributed by atoms with E-state index in [1.54, 1.807) is 24.3 Å². The first-order chi connectivity index (χ1) is 11.5. The Morgan fingerprint density at radius 3 is 2.50 bits per heavy atom. The highest BCUT2D eigenvalue weighted by Gasteiger charge is 2.30. The molecule has 0 amide bonds. The molecule has 126 valence electrons. The summed E-state index contributed by atoms with van der Waals surface area (Å²) in [5.41, 5.74) is 1.04. The predicted molar refractivity (Wildman–Crippen MR) is 89.6 cm³/mol. The Balaban J connectivity index is 2.32. The van der Waals surface area contributed by atoms with Crippen LogP contribution in [0.2, 0.25) is 0 Å². The molecule has 1 aromatic carbocycles.